The molecule has 2 rings (SSSR count). The maximum Gasteiger partial charge on any atom is 0.337 e. The van der Waals surface area contributed by atoms with Crippen molar-refractivity contribution in [3.63, 3.8) is 0 Å². The van der Waals surface area contributed by atoms with Crippen molar-refractivity contribution in [2.75, 3.05) is 25.6 Å². The number of nitrogens with one attached hydrogen (secondary N) is 1. The summed E-state index contributed by atoms with van der Waals surface area (Å²) in [7, 11) is 1.20. The fourth-order valence-electron chi connectivity index (χ4n) is 1.96. The molecule has 21 heavy (non-hydrogen) atoms. The number of hydrogen-bond acceptors (Lipinski definition) is 7. The van der Waals surface area contributed by atoms with Gasteiger partial charge in [0, 0.05) is 13.2 Å². The second kappa shape index (κ2) is 6.19. The highest BCUT2D eigenvalue weighted by molar-refractivity contribution is 5.92. The first-order valence-corrected chi connectivity index (χ1v) is 6.23. The average molecular weight is 291 g/mol. The summed E-state index contributed by atoms with van der Waals surface area (Å²) in [5.74, 6) is -0.663. The van der Waals surface area contributed by atoms with Gasteiger partial charge in [0.25, 0.3) is 0 Å². The Hall–Kier alpha value is -2.66. The third kappa shape index (κ3) is 3.09. The molecule has 0 bridgehead atoms. The zero-order chi connectivity index (χ0) is 15.4. The Balaban J connectivity index is 2.38. The first-order chi connectivity index (χ1) is 10.1. The standard InChI is InChI=1S/C13H13N3O5/c1-20-13(17)8-4-9(6-14)12(16(18)19)11(5-8)15-7-10-2-3-21-10/h4-5,10,15H,2-3,7H2,1H3/t10-/m0/s1. The molecule has 110 valence electrons. The van der Waals surface area contributed by atoms with E-state index in [1.165, 1.54) is 13.2 Å². The van der Waals surface area contributed by atoms with Gasteiger partial charge in [-0.1, -0.05) is 0 Å². The summed E-state index contributed by atoms with van der Waals surface area (Å²) in [6.07, 6.45) is 0.847. The Bertz CT molecular complexity index is 619. The van der Waals surface area contributed by atoms with Gasteiger partial charge in [-0.15, -0.1) is 0 Å². The fraction of sp³-hybridized carbons (Fsp3) is 0.385. The lowest BCUT2D eigenvalue weighted by atomic mass is 10.1. The van der Waals surface area contributed by atoms with Crippen molar-refractivity contribution in [3.05, 3.63) is 33.4 Å². The van der Waals surface area contributed by atoms with Crippen molar-refractivity contribution in [3.8, 4) is 6.07 Å². The number of hydrogen-bond donors (Lipinski definition) is 1. The Kier molecular flexibility index (Phi) is 4.35. The average Bonchev–Trinajstić information content (AvgIpc) is 2.43. The van der Waals surface area contributed by atoms with E-state index in [1.54, 1.807) is 6.07 Å². The van der Waals surface area contributed by atoms with Gasteiger partial charge in [-0.2, -0.15) is 5.26 Å². The van der Waals surface area contributed by atoms with Gasteiger partial charge in [0.1, 0.15) is 17.3 Å². The van der Waals surface area contributed by atoms with Crippen LogP contribution in [0.2, 0.25) is 0 Å². The minimum atomic E-state index is -0.663. The number of rotatable bonds is 5. The molecule has 0 unspecified atom stereocenters. The highest BCUT2D eigenvalue weighted by atomic mass is 16.6. The lowest BCUT2D eigenvalue weighted by Gasteiger charge is -2.26. The van der Waals surface area contributed by atoms with E-state index in [4.69, 9.17) is 10.00 Å². The molecule has 1 aliphatic rings. The zero-order valence-electron chi connectivity index (χ0n) is 11.3. The Morgan fingerprint density at radius 2 is 2.38 bits per heavy atom. The van der Waals surface area contributed by atoms with Gasteiger partial charge in [0.2, 0.25) is 0 Å². The number of anilines is 1. The lowest BCUT2D eigenvalue weighted by Crippen LogP contribution is -2.33. The molecule has 1 heterocycles. The van der Waals surface area contributed by atoms with Gasteiger partial charge in [0.15, 0.2) is 0 Å². The first-order valence-electron chi connectivity index (χ1n) is 6.23. The zero-order valence-corrected chi connectivity index (χ0v) is 11.3. The van der Waals surface area contributed by atoms with Gasteiger partial charge in [-0.3, -0.25) is 10.1 Å². The van der Waals surface area contributed by atoms with E-state index >= 15 is 0 Å². The Morgan fingerprint density at radius 1 is 1.67 bits per heavy atom. The molecular weight excluding hydrogens is 278 g/mol. The summed E-state index contributed by atoms with van der Waals surface area (Å²) >= 11 is 0. The van der Waals surface area contributed by atoms with E-state index < -0.39 is 10.9 Å². The van der Waals surface area contributed by atoms with Crippen LogP contribution in [0.4, 0.5) is 11.4 Å². The molecule has 0 aromatic heterocycles. The second-order valence-electron chi connectivity index (χ2n) is 4.44. The summed E-state index contributed by atoms with van der Waals surface area (Å²) in [5, 5.41) is 23.1. The summed E-state index contributed by atoms with van der Waals surface area (Å²) < 4.78 is 9.80. The quantitative estimate of drug-likeness (QED) is 0.496. The summed E-state index contributed by atoms with van der Waals surface area (Å²) in [6.45, 7) is 1.04. The highest BCUT2D eigenvalue weighted by Gasteiger charge is 2.25. The molecule has 8 nitrogen and oxygen atoms in total. The molecule has 0 spiro atoms. The van der Waals surface area contributed by atoms with Crippen LogP contribution in [0.15, 0.2) is 12.1 Å². The number of carbonyl (C=O) groups is 1. The molecule has 1 aliphatic heterocycles. The van der Waals surface area contributed by atoms with E-state index in [-0.39, 0.29) is 28.6 Å². The predicted molar refractivity (Wildman–Crippen MR) is 72.0 cm³/mol. The third-order valence-corrected chi connectivity index (χ3v) is 3.15. The minimum Gasteiger partial charge on any atom is -0.465 e. The number of esters is 1. The van der Waals surface area contributed by atoms with E-state index in [9.17, 15) is 14.9 Å². The molecule has 1 aromatic carbocycles. The fourth-order valence-corrected chi connectivity index (χ4v) is 1.96. The molecule has 1 saturated heterocycles. The monoisotopic (exact) mass is 291 g/mol. The number of benzene rings is 1. The number of nitrogens with zero attached hydrogens (tertiary/aromatic N) is 2. The second-order valence-corrected chi connectivity index (χ2v) is 4.44. The number of nitro benzene ring substituents is 1. The molecule has 0 saturated carbocycles. The molecule has 1 N–H and O–H groups in total. The van der Waals surface area contributed by atoms with Crippen LogP contribution in [0.5, 0.6) is 0 Å². The Morgan fingerprint density at radius 3 is 2.86 bits per heavy atom. The number of carbonyl (C=O) groups excluding carboxylic acids is 1. The van der Waals surface area contributed by atoms with Gasteiger partial charge >= 0.3 is 11.7 Å². The topological polar surface area (TPSA) is 114 Å². The third-order valence-electron chi connectivity index (χ3n) is 3.15. The van der Waals surface area contributed by atoms with Gasteiger partial charge in [-0.25, -0.2) is 4.79 Å². The van der Waals surface area contributed by atoms with E-state index in [2.05, 4.69) is 10.1 Å². The first kappa shape index (κ1) is 14.7. The van der Waals surface area contributed by atoms with Crippen LogP contribution in [0.25, 0.3) is 0 Å². The summed E-state index contributed by atoms with van der Waals surface area (Å²) in [4.78, 5) is 22.1. The van der Waals surface area contributed by atoms with Crippen LogP contribution in [0, 0.1) is 21.4 Å². The van der Waals surface area contributed by atoms with Crippen molar-refractivity contribution in [2.24, 2.45) is 0 Å². The van der Waals surface area contributed by atoms with Crippen LogP contribution in [0.3, 0.4) is 0 Å². The maximum absolute atomic E-state index is 11.6. The van der Waals surface area contributed by atoms with Crippen molar-refractivity contribution in [1.29, 1.82) is 5.26 Å². The molecule has 0 radical (unpaired) electrons. The van der Waals surface area contributed by atoms with Crippen molar-refractivity contribution in [2.45, 2.75) is 12.5 Å². The van der Waals surface area contributed by atoms with Crippen LogP contribution in [0.1, 0.15) is 22.3 Å². The number of nitro groups is 1. The van der Waals surface area contributed by atoms with Gasteiger partial charge in [-0.05, 0) is 18.6 Å². The largest absolute Gasteiger partial charge is 0.465 e. The van der Waals surface area contributed by atoms with Gasteiger partial charge in [0.05, 0.1) is 23.7 Å². The molecule has 1 atom stereocenters. The highest BCUT2D eigenvalue weighted by Crippen LogP contribution is 2.31. The Labute approximate surface area is 120 Å². The van der Waals surface area contributed by atoms with Crippen LogP contribution in [-0.2, 0) is 9.47 Å². The van der Waals surface area contributed by atoms with E-state index in [1.807, 2.05) is 0 Å². The normalized spacial score (nSPS) is 16.5. The predicted octanol–water partition coefficient (Wildman–Crippen LogP) is 1.45. The molecule has 0 aliphatic carbocycles. The molecule has 0 amide bonds. The molecule has 1 fully saturated rings. The van der Waals surface area contributed by atoms with Crippen molar-refractivity contribution >= 4 is 17.3 Å². The summed E-state index contributed by atoms with van der Waals surface area (Å²) in [5.41, 5.74) is -0.365. The van der Waals surface area contributed by atoms with Crippen molar-refractivity contribution in [1.82, 2.24) is 0 Å². The molecular formula is C13H13N3O5. The van der Waals surface area contributed by atoms with E-state index in [0.717, 1.165) is 12.5 Å². The smallest absolute Gasteiger partial charge is 0.337 e. The van der Waals surface area contributed by atoms with Crippen LogP contribution in [-0.4, -0.2) is 37.3 Å². The molecule has 8 heteroatoms. The number of nitriles is 1. The number of ether oxygens (including phenoxy) is 2. The SMILES string of the molecule is COC(=O)c1cc(C#N)c([N+](=O)[O-])c(NC[C@@H]2CCO2)c1. The van der Waals surface area contributed by atoms with Crippen LogP contribution >= 0.6 is 0 Å². The van der Waals surface area contributed by atoms with E-state index in [0.29, 0.717) is 13.2 Å². The number of methoxy groups -OCH3 is 1. The van der Waals surface area contributed by atoms with Crippen LogP contribution < -0.4 is 5.32 Å². The lowest BCUT2D eigenvalue weighted by molar-refractivity contribution is -0.384. The minimum absolute atomic E-state index is 0.0167. The summed E-state index contributed by atoms with van der Waals surface area (Å²) in [6, 6.07) is 4.19. The van der Waals surface area contributed by atoms with Crippen molar-refractivity contribution < 1.29 is 19.2 Å². The maximum atomic E-state index is 11.6. The van der Waals surface area contributed by atoms with Gasteiger partial charge < -0.3 is 14.8 Å². The molecule has 1 aromatic rings.